The number of aryl methyl sites for hydroxylation is 1. The van der Waals surface area contributed by atoms with Gasteiger partial charge in [-0.1, -0.05) is 18.2 Å². The highest BCUT2D eigenvalue weighted by Crippen LogP contribution is 2.23. The van der Waals surface area contributed by atoms with Crippen LogP contribution in [0.2, 0.25) is 0 Å². The zero-order chi connectivity index (χ0) is 18.4. The molecule has 2 aromatic rings. The first-order chi connectivity index (χ1) is 11.9. The molecule has 6 nitrogen and oxygen atoms in total. The van der Waals surface area contributed by atoms with E-state index in [-0.39, 0.29) is 11.9 Å². The number of carbonyl (C=O) groups excluding carboxylic acids is 2. The number of thiophene rings is 1. The lowest BCUT2D eigenvalue weighted by molar-refractivity contribution is -0.120. The Morgan fingerprint density at radius 2 is 2.04 bits per heavy atom. The number of anilines is 1. The minimum Gasteiger partial charge on any atom is -0.492 e. The Balaban J connectivity index is 1.85. The Kier molecular flexibility index (Phi) is 6.55. The molecular formula is C18H23N3O3S. The molecule has 0 aliphatic carbocycles. The normalized spacial score (nSPS) is 12.0. The topological polar surface area (TPSA) is 84.7 Å². The van der Waals surface area contributed by atoms with E-state index in [0.717, 1.165) is 11.3 Å². The maximum absolute atomic E-state index is 12.4. The minimum absolute atomic E-state index is 0.191. The lowest BCUT2D eigenvalue weighted by Gasteiger charge is -2.24. The fraction of sp³-hybridized carbons (Fsp3) is 0.333. The van der Waals surface area contributed by atoms with Crippen LogP contribution in [-0.4, -0.2) is 43.0 Å². The number of amides is 2. The molecule has 2 rings (SSSR count). The molecule has 0 aliphatic heterocycles. The van der Waals surface area contributed by atoms with Gasteiger partial charge in [-0.05, 0) is 44.0 Å². The number of nitrogens with zero attached hydrogens (tertiary/aromatic N) is 1. The summed E-state index contributed by atoms with van der Waals surface area (Å²) in [4.78, 5) is 25.6. The van der Waals surface area contributed by atoms with Gasteiger partial charge in [0.15, 0.2) is 0 Å². The van der Waals surface area contributed by atoms with Crippen LogP contribution in [0.1, 0.15) is 22.8 Å². The van der Waals surface area contributed by atoms with Crippen LogP contribution < -0.4 is 15.8 Å². The van der Waals surface area contributed by atoms with Crippen molar-refractivity contribution in [2.24, 2.45) is 5.73 Å². The number of carbonyl (C=O) groups is 2. The first-order valence-electron chi connectivity index (χ1n) is 7.97. The van der Waals surface area contributed by atoms with Crippen LogP contribution in [-0.2, 0) is 4.79 Å². The van der Waals surface area contributed by atoms with Crippen LogP contribution in [0.15, 0.2) is 35.7 Å². The molecule has 0 saturated heterocycles. The van der Waals surface area contributed by atoms with Gasteiger partial charge >= 0.3 is 0 Å². The summed E-state index contributed by atoms with van der Waals surface area (Å²) in [6.45, 7) is 4.87. The Morgan fingerprint density at radius 1 is 1.32 bits per heavy atom. The molecule has 0 bridgehead atoms. The number of nitrogens with two attached hydrogens (primary N) is 1. The van der Waals surface area contributed by atoms with Crippen molar-refractivity contribution in [3.8, 4) is 5.75 Å². The number of likely N-dealkylation sites (N-methyl/N-ethyl adjacent to an activating group) is 1. The van der Waals surface area contributed by atoms with E-state index in [9.17, 15) is 9.59 Å². The molecule has 1 heterocycles. The summed E-state index contributed by atoms with van der Waals surface area (Å²) >= 11 is 1.28. The highest BCUT2D eigenvalue weighted by Gasteiger charge is 2.20. The Labute approximate surface area is 151 Å². The van der Waals surface area contributed by atoms with Gasteiger partial charge in [0.25, 0.3) is 5.91 Å². The van der Waals surface area contributed by atoms with Gasteiger partial charge in [-0.2, -0.15) is 0 Å². The van der Waals surface area contributed by atoms with Crippen molar-refractivity contribution in [2.45, 2.75) is 19.9 Å². The van der Waals surface area contributed by atoms with E-state index < -0.39 is 5.91 Å². The predicted octanol–water partition coefficient (Wildman–Crippen LogP) is 2.49. The molecule has 1 aromatic carbocycles. The average molecular weight is 361 g/mol. The summed E-state index contributed by atoms with van der Waals surface area (Å²) in [7, 11) is 1.86. The fourth-order valence-corrected chi connectivity index (χ4v) is 3.02. The van der Waals surface area contributed by atoms with Crippen LogP contribution in [0, 0.1) is 6.92 Å². The number of para-hydroxylation sites is 1. The van der Waals surface area contributed by atoms with Crippen LogP contribution in [0.4, 0.5) is 5.00 Å². The van der Waals surface area contributed by atoms with Gasteiger partial charge in [-0.25, -0.2) is 0 Å². The second-order valence-corrected chi connectivity index (χ2v) is 6.70. The van der Waals surface area contributed by atoms with Gasteiger partial charge in [0.2, 0.25) is 5.91 Å². The quantitative estimate of drug-likeness (QED) is 0.756. The minimum atomic E-state index is -0.552. The standard InChI is InChI=1S/C18H23N3O3S/c1-12-6-4-5-7-15(12)24-10-9-21(3)13(2)17(23)20-18-14(16(19)22)8-11-25-18/h4-8,11,13H,9-10H2,1-3H3,(H2,19,22)(H,20,23). The second kappa shape index (κ2) is 8.64. The molecule has 0 radical (unpaired) electrons. The van der Waals surface area contributed by atoms with Gasteiger partial charge in [0, 0.05) is 6.54 Å². The lowest BCUT2D eigenvalue weighted by Crippen LogP contribution is -2.41. The number of hydrogen-bond acceptors (Lipinski definition) is 5. The smallest absolute Gasteiger partial charge is 0.251 e. The molecular weight excluding hydrogens is 338 g/mol. The highest BCUT2D eigenvalue weighted by atomic mass is 32.1. The maximum Gasteiger partial charge on any atom is 0.251 e. The number of nitrogens with one attached hydrogen (secondary N) is 1. The largest absolute Gasteiger partial charge is 0.492 e. The highest BCUT2D eigenvalue weighted by molar-refractivity contribution is 7.14. The maximum atomic E-state index is 12.4. The van der Waals surface area contributed by atoms with Gasteiger partial charge in [-0.3, -0.25) is 14.5 Å². The summed E-state index contributed by atoms with van der Waals surface area (Å²) < 4.78 is 5.76. The number of primary amides is 1. The van der Waals surface area contributed by atoms with Crippen LogP contribution in [0.3, 0.4) is 0 Å². The van der Waals surface area contributed by atoms with Gasteiger partial charge in [0.1, 0.15) is 17.4 Å². The van der Waals surface area contributed by atoms with Crippen molar-refractivity contribution in [3.63, 3.8) is 0 Å². The van der Waals surface area contributed by atoms with Gasteiger partial charge < -0.3 is 15.8 Å². The molecule has 7 heteroatoms. The van der Waals surface area contributed by atoms with E-state index in [1.807, 2.05) is 43.1 Å². The average Bonchev–Trinajstić information content (AvgIpc) is 3.04. The molecule has 2 amide bonds. The molecule has 1 atom stereocenters. The summed E-state index contributed by atoms with van der Waals surface area (Å²) in [5, 5.41) is 4.97. The summed E-state index contributed by atoms with van der Waals surface area (Å²) in [6.07, 6.45) is 0. The van der Waals surface area contributed by atoms with E-state index in [4.69, 9.17) is 10.5 Å². The molecule has 0 aliphatic rings. The SMILES string of the molecule is Cc1ccccc1OCCN(C)C(C)C(=O)Nc1sccc1C(N)=O. The predicted molar refractivity (Wildman–Crippen MR) is 100 cm³/mol. The van der Waals surface area contributed by atoms with Crippen LogP contribution in [0.5, 0.6) is 5.75 Å². The van der Waals surface area contributed by atoms with E-state index in [0.29, 0.717) is 23.7 Å². The molecule has 0 saturated carbocycles. The number of benzene rings is 1. The number of hydrogen-bond donors (Lipinski definition) is 2. The van der Waals surface area contributed by atoms with Crippen molar-refractivity contribution in [3.05, 3.63) is 46.8 Å². The summed E-state index contributed by atoms with van der Waals surface area (Å²) in [5.41, 5.74) is 6.70. The van der Waals surface area contributed by atoms with Crippen molar-refractivity contribution in [1.82, 2.24) is 4.90 Å². The second-order valence-electron chi connectivity index (χ2n) is 5.79. The van der Waals surface area contributed by atoms with Crippen molar-refractivity contribution in [1.29, 1.82) is 0 Å². The third-order valence-electron chi connectivity index (χ3n) is 4.00. The first-order valence-corrected chi connectivity index (χ1v) is 8.85. The first kappa shape index (κ1) is 19.0. The van der Waals surface area contributed by atoms with E-state index in [1.165, 1.54) is 11.3 Å². The Morgan fingerprint density at radius 3 is 2.72 bits per heavy atom. The third kappa shape index (κ3) is 5.04. The van der Waals surface area contributed by atoms with Crippen LogP contribution >= 0.6 is 11.3 Å². The van der Waals surface area contributed by atoms with Gasteiger partial charge in [0.05, 0.1) is 11.6 Å². The number of ether oxygens (including phenoxy) is 1. The molecule has 0 spiro atoms. The van der Waals surface area contributed by atoms with Crippen LogP contribution in [0.25, 0.3) is 0 Å². The third-order valence-corrected chi connectivity index (χ3v) is 4.83. The Bertz CT molecular complexity index is 745. The fourth-order valence-electron chi connectivity index (χ4n) is 2.23. The molecule has 1 unspecified atom stereocenters. The molecule has 1 aromatic heterocycles. The van der Waals surface area contributed by atoms with E-state index in [1.54, 1.807) is 18.4 Å². The monoisotopic (exact) mass is 361 g/mol. The molecule has 0 fully saturated rings. The van der Waals surface area contributed by atoms with Crippen molar-refractivity contribution < 1.29 is 14.3 Å². The number of rotatable bonds is 8. The summed E-state index contributed by atoms with van der Waals surface area (Å²) in [5.74, 6) is 0.102. The van der Waals surface area contributed by atoms with E-state index >= 15 is 0 Å². The summed E-state index contributed by atoms with van der Waals surface area (Å²) in [6, 6.07) is 9.04. The molecule has 3 N–H and O–H groups in total. The lowest BCUT2D eigenvalue weighted by atomic mass is 10.2. The van der Waals surface area contributed by atoms with E-state index in [2.05, 4.69) is 5.32 Å². The van der Waals surface area contributed by atoms with Crippen molar-refractivity contribution in [2.75, 3.05) is 25.5 Å². The van der Waals surface area contributed by atoms with Crippen molar-refractivity contribution >= 4 is 28.2 Å². The van der Waals surface area contributed by atoms with Gasteiger partial charge in [-0.15, -0.1) is 11.3 Å². The Hall–Kier alpha value is -2.38. The zero-order valence-corrected chi connectivity index (χ0v) is 15.4. The molecule has 134 valence electrons. The zero-order valence-electron chi connectivity index (χ0n) is 14.6. The molecule has 25 heavy (non-hydrogen) atoms.